The van der Waals surface area contributed by atoms with E-state index in [9.17, 15) is 14.7 Å². The van der Waals surface area contributed by atoms with Crippen molar-refractivity contribution in [3.05, 3.63) is 34.3 Å². The number of hydrogen-bond acceptors (Lipinski definition) is 2. The summed E-state index contributed by atoms with van der Waals surface area (Å²) in [5, 5.41) is 9.48. The molecule has 4 nitrogen and oxygen atoms in total. The van der Waals surface area contributed by atoms with E-state index in [0.29, 0.717) is 19.4 Å². The van der Waals surface area contributed by atoms with Crippen molar-refractivity contribution in [3.8, 4) is 0 Å². The number of aliphatic carboxylic acids is 1. The molecule has 1 N–H and O–H groups in total. The highest BCUT2D eigenvalue weighted by molar-refractivity contribution is 9.10. The molecule has 1 aromatic rings. The first kappa shape index (κ1) is 15.0. The molecule has 5 heteroatoms. The van der Waals surface area contributed by atoms with Gasteiger partial charge in [0.1, 0.15) is 0 Å². The maximum atomic E-state index is 12.2. The van der Waals surface area contributed by atoms with Gasteiger partial charge in [-0.2, -0.15) is 0 Å². The Morgan fingerprint density at radius 2 is 2.15 bits per heavy atom. The SMILES string of the molecule is CCCN1C(=O)CCC(C(=O)O)C1c1ccccc1Br. The van der Waals surface area contributed by atoms with E-state index in [1.807, 2.05) is 31.2 Å². The quantitative estimate of drug-likeness (QED) is 0.916. The molecular weight excluding hydrogens is 322 g/mol. The van der Waals surface area contributed by atoms with Gasteiger partial charge in [0.25, 0.3) is 0 Å². The minimum Gasteiger partial charge on any atom is -0.481 e. The number of carboxylic acid groups (broad SMARTS) is 1. The van der Waals surface area contributed by atoms with Crippen LogP contribution in [0.1, 0.15) is 37.8 Å². The number of benzene rings is 1. The van der Waals surface area contributed by atoms with Crippen LogP contribution in [0.25, 0.3) is 0 Å². The number of carboxylic acids is 1. The first-order chi connectivity index (χ1) is 9.56. The number of rotatable bonds is 4. The number of hydrogen-bond donors (Lipinski definition) is 1. The van der Waals surface area contributed by atoms with Gasteiger partial charge in [-0.1, -0.05) is 41.1 Å². The first-order valence-corrected chi connectivity index (χ1v) is 7.62. The molecule has 20 heavy (non-hydrogen) atoms. The van der Waals surface area contributed by atoms with Crippen molar-refractivity contribution in [2.24, 2.45) is 5.92 Å². The molecule has 1 aliphatic rings. The summed E-state index contributed by atoms with van der Waals surface area (Å²) in [6.07, 6.45) is 1.54. The highest BCUT2D eigenvalue weighted by atomic mass is 79.9. The summed E-state index contributed by atoms with van der Waals surface area (Å²) in [6, 6.07) is 7.16. The number of halogens is 1. The highest BCUT2D eigenvalue weighted by Gasteiger charge is 2.40. The summed E-state index contributed by atoms with van der Waals surface area (Å²) in [7, 11) is 0. The van der Waals surface area contributed by atoms with E-state index in [0.717, 1.165) is 16.5 Å². The number of carbonyl (C=O) groups is 2. The van der Waals surface area contributed by atoms with Gasteiger partial charge in [0.2, 0.25) is 5.91 Å². The third-order valence-electron chi connectivity index (χ3n) is 3.71. The van der Waals surface area contributed by atoms with Crippen LogP contribution >= 0.6 is 15.9 Å². The van der Waals surface area contributed by atoms with Crippen LogP contribution in [0.15, 0.2) is 28.7 Å². The highest BCUT2D eigenvalue weighted by Crippen LogP contribution is 2.39. The van der Waals surface area contributed by atoms with Gasteiger partial charge in [-0.3, -0.25) is 9.59 Å². The topological polar surface area (TPSA) is 57.6 Å². The Morgan fingerprint density at radius 3 is 2.75 bits per heavy atom. The lowest BCUT2D eigenvalue weighted by Crippen LogP contribution is -2.45. The minimum absolute atomic E-state index is 0.0464. The molecule has 2 atom stereocenters. The number of piperidine rings is 1. The molecule has 1 aromatic carbocycles. The summed E-state index contributed by atoms with van der Waals surface area (Å²) in [6.45, 7) is 2.59. The molecule has 1 amide bonds. The summed E-state index contributed by atoms with van der Waals surface area (Å²) < 4.78 is 0.854. The fraction of sp³-hybridized carbons (Fsp3) is 0.467. The molecular formula is C15H18BrNO3. The van der Waals surface area contributed by atoms with Crippen LogP contribution in [0.5, 0.6) is 0 Å². The van der Waals surface area contributed by atoms with Crippen molar-refractivity contribution < 1.29 is 14.7 Å². The smallest absolute Gasteiger partial charge is 0.308 e. The zero-order valence-corrected chi connectivity index (χ0v) is 13.0. The van der Waals surface area contributed by atoms with Gasteiger partial charge in [0.15, 0.2) is 0 Å². The second kappa shape index (κ2) is 6.39. The molecule has 1 fully saturated rings. The Labute approximate surface area is 126 Å². The van der Waals surface area contributed by atoms with E-state index >= 15 is 0 Å². The second-order valence-corrected chi connectivity index (χ2v) is 5.89. The summed E-state index contributed by atoms with van der Waals surface area (Å²) in [5.41, 5.74) is 0.876. The Balaban J connectivity index is 2.46. The number of nitrogens with zero attached hydrogens (tertiary/aromatic N) is 1. The Hall–Kier alpha value is -1.36. The van der Waals surface area contributed by atoms with Crippen molar-refractivity contribution in [1.82, 2.24) is 4.90 Å². The largest absolute Gasteiger partial charge is 0.481 e. The summed E-state index contributed by atoms with van der Waals surface area (Å²) in [4.78, 5) is 25.4. The van der Waals surface area contributed by atoms with Crippen LogP contribution in [0.3, 0.4) is 0 Å². The van der Waals surface area contributed by atoms with E-state index in [1.165, 1.54) is 0 Å². The monoisotopic (exact) mass is 339 g/mol. The van der Waals surface area contributed by atoms with Gasteiger partial charge in [0, 0.05) is 17.4 Å². The fourth-order valence-corrected chi connectivity index (χ4v) is 3.33. The van der Waals surface area contributed by atoms with Gasteiger partial charge in [-0.15, -0.1) is 0 Å². The predicted molar refractivity (Wildman–Crippen MR) is 79.2 cm³/mol. The zero-order valence-electron chi connectivity index (χ0n) is 11.4. The van der Waals surface area contributed by atoms with Crippen molar-refractivity contribution in [2.45, 2.75) is 32.2 Å². The van der Waals surface area contributed by atoms with E-state index in [-0.39, 0.29) is 11.9 Å². The van der Waals surface area contributed by atoms with E-state index in [4.69, 9.17) is 0 Å². The molecule has 1 saturated heterocycles. The lowest BCUT2D eigenvalue weighted by atomic mass is 9.84. The standard InChI is InChI=1S/C15H18BrNO3/c1-2-9-17-13(18)8-7-11(15(19)20)14(17)10-5-3-4-6-12(10)16/h3-6,11,14H,2,7-9H2,1H3,(H,19,20). The van der Waals surface area contributed by atoms with Crippen LogP contribution in [0.2, 0.25) is 0 Å². The molecule has 2 rings (SSSR count). The van der Waals surface area contributed by atoms with Gasteiger partial charge in [-0.25, -0.2) is 0 Å². The third kappa shape index (κ3) is 2.87. The first-order valence-electron chi connectivity index (χ1n) is 6.83. The molecule has 0 aromatic heterocycles. The molecule has 2 unspecified atom stereocenters. The van der Waals surface area contributed by atoms with Crippen LogP contribution in [-0.4, -0.2) is 28.4 Å². The maximum absolute atomic E-state index is 12.2. The fourth-order valence-electron chi connectivity index (χ4n) is 2.82. The van der Waals surface area contributed by atoms with Gasteiger partial charge in [-0.05, 0) is 24.5 Å². The van der Waals surface area contributed by atoms with Gasteiger partial charge in [0.05, 0.1) is 12.0 Å². The molecule has 0 aliphatic carbocycles. The van der Waals surface area contributed by atoms with Crippen molar-refractivity contribution >= 4 is 27.8 Å². The molecule has 0 saturated carbocycles. The second-order valence-electron chi connectivity index (χ2n) is 5.04. The molecule has 1 heterocycles. The number of amides is 1. The molecule has 1 aliphatic heterocycles. The van der Waals surface area contributed by atoms with Crippen molar-refractivity contribution in [1.29, 1.82) is 0 Å². The summed E-state index contributed by atoms with van der Waals surface area (Å²) >= 11 is 3.48. The average Bonchev–Trinajstić information content (AvgIpc) is 2.41. The van der Waals surface area contributed by atoms with Crippen LogP contribution in [-0.2, 0) is 9.59 Å². The molecule has 0 radical (unpaired) electrons. The van der Waals surface area contributed by atoms with E-state index < -0.39 is 11.9 Å². The van der Waals surface area contributed by atoms with Gasteiger partial charge >= 0.3 is 5.97 Å². The number of likely N-dealkylation sites (tertiary alicyclic amines) is 1. The normalized spacial score (nSPS) is 22.9. The molecule has 0 spiro atoms. The van der Waals surface area contributed by atoms with Gasteiger partial charge < -0.3 is 10.0 Å². The molecule has 0 bridgehead atoms. The summed E-state index contributed by atoms with van der Waals surface area (Å²) in [5.74, 6) is -1.33. The Kier molecular flexibility index (Phi) is 4.81. The van der Waals surface area contributed by atoms with E-state index in [2.05, 4.69) is 15.9 Å². The average molecular weight is 340 g/mol. The van der Waals surface area contributed by atoms with Crippen molar-refractivity contribution in [3.63, 3.8) is 0 Å². The van der Waals surface area contributed by atoms with Crippen molar-refractivity contribution in [2.75, 3.05) is 6.54 Å². The Morgan fingerprint density at radius 1 is 1.45 bits per heavy atom. The van der Waals surface area contributed by atoms with E-state index in [1.54, 1.807) is 4.90 Å². The zero-order chi connectivity index (χ0) is 14.7. The molecule has 108 valence electrons. The third-order valence-corrected chi connectivity index (χ3v) is 4.43. The Bertz CT molecular complexity index is 518. The predicted octanol–water partition coefficient (Wildman–Crippen LogP) is 3.22. The maximum Gasteiger partial charge on any atom is 0.308 e. The lowest BCUT2D eigenvalue weighted by Gasteiger charge is -2.40. The van der Waals surface area contributed by atoms with Crippen LogP contribution in [0.4, 0.5) is 0 Å². The van der Waals surface area contributed by atoms with Crippen LogP contribution < -0.4 is 0 Å². The number of carbonyl (C=O) groups excluding carboxylic acids is 1. The lowest BCUT2D eigenvalue weighted by molar-refractivity contribution is -0.152. The van der Waals surface area contributed by atoms with Crippen LogP contribution in [0, 0.1) is 5.92 Å². The minimum atomic E-state index is -0.834.